The van der Waals surface area contributed by atoms with Crippen LogP contribution in [0.4, 0.5) is 11.8 Å². The minimum Gasteiger partial charge on any atom is -0.356 e. The van der Waals surface area contributed by atoms with Crippen LogP contribution in [0.5, 0.6) is 0 Å². The van der Waals surface area contributed by atoms with E-state index in [0.717, 1.165) is 29.8 Å². The number of nitrogens with two attached hydrogens (primary N) is 1. The summed E-state index contributed by atoms with van der Waals surface area (Å²) in [5.74, 6) is 1.71. The van der Waals surface area contributed by atoms with Gasteiger partial charge in [-0.05, 0) is 45.2 Å². The van der Waals surface area contributed by atoms with E-state index in [1.165, 1.54) is 19.3 Å². The molecule has 0 unspecified atom stereocenters. The lowest BCUT2D eigenvalue weighted by molar-refractivity contribution is 0.547. The summed E-state index contributed by atoms with van der Waals surface area (Å²) in [5.41, 5.74) is 6.74. The molecule has 22 heavy (non-hydrogen) atoms. The van der Waals surface area contributed by atoms with E-state index in [1.54, 1.807) is 0 Å². The number of anilines is 2. The van der Waals surface area contributed by atoms with Gasteiger partial charge in [-0.2, -0.15) is 4.98 Å². The third kappa shape index (κ3) is 3.47. The van der Waals surface area contributed by atoms with Crippen LogP contribution in [0.15, 0.2) is 24.3 Å². The van der Waals surface area contributed by atoms with Crippen molar-refractivity contribution in [2.24, 2.45) is 5.73 Å². The first-order valence-electron chi connectivity index (χ1n) is 8.07. The number of benzene rings is 1. The van der Waals surface area contributed by atoms with Gasteiger partial charge in [0.25, 0.3) is 0 Å². The highest BCUT2D eigenvalue weighted by molar-refractivity contribution is 5.90. The van der Waals surface area contributed by atoms with Gasteiger partial charge in [-0.25, -0.2) is 4.98 Å². The van der Waals surface area contributed by atoms with E-state index in [9.17, 15) is 0 Å². The molecule has 1 aromatic heterocycles. The second-order valence-electron chi connectivity index (χ2n) is 6.78. The number of aromatic nitrogens is 2. The van der Waals surface area contributed by atoms with Gasteiger partial charge in [0.05, 0.1) is 5.52 Å². The molecule has 1 aromatic carbocycles. The molecule has 0 saturated carbocycles. The van der Waals surface area contributed by atoms with E-state index in [2.05, 4.69) is 27.3 Å². The molecule has 0 radical (unpaired) electrons. The Kier molecular flexibility index (Phi) is 4.16. The fraction of sp³-hybridized carbons (Fsp3) is 0.529. The number of nitrogens with zero attached hydrogens (tertiary/aromatic N) is 3. The van der Waals surface area contributed by atoms with E-state index in [-0.39, 0.29) is 5.54 Å². The Labute approximate surface area is 131 Å². The summed E-state index contributed by atoms with van der Waals surface area (Å²) < 4.78 is 0. The smallest absolute Gasteiger partial charge is 0.225 e. The van der Waals surface area contributed by atoms with Crippen molar-refractivity contribution < 1.29 is 0 Å². The largest absolute Gasteiger partial charge is 0.356 e. The van der Waals surface area contributed by atoms with Crippen molar-refractivity contribution >= 4 is 22.7 Å². The van der Waals surface area contributed by atoms with Gasteiger partial charge in [-0.3, -0.25) is 0 Å². The summed E-state index contributed by atoms with van der Waals surface area (Å²) in [6, 6.07) is 8.22. The lowest BCUT2D eigenvalue weighted by Gasteiger charge is -2.29. The Morgan fingerprint density at radius 1 is 1.14 bits per heavy atom. The number of piperidine rings is 1. The van der Waals surface area contributed by atoms with E-state index in [1.807, 2.05) is 26.0 Å². The van der Waals surface area contributed by atoms with Crippen LogP contribution in [0.3, 0.4) is 0 Å². The second kappa shape index (κ2) is 6.08. The zero-order valence-electron chi connectivity index (χ0n) is 13.5. The van der Waals surface area contributed by atoms with Gasteiger partial charge in [0.2, 0.25) is 5.95 Å². The van der Waals surface area contributed by atoms with Gasteiger partial charge >= 0.3 is 0 Å². The Bertz CT molecular complexity index is 641. The van der Waals surface area contributed by atoms with Crippen molar-refractivity contribution in [2.75, 3.05) is 29.9 Å². The topological polar surface area (TPSA) is 67.1 Å². The van der Waals surface area contributed by atoms with Gasteiger partial charge < -0.3 is 16.0 Å². The Morgan fingerprint density at radius 2 is 1.86 bits per heavy atom. The highest BCUT2D eigenvalue weighted by Crippen LogP contribution is 2.27. The van der Waals surface area contributed by atoms with E-state index < -0.39 is 0 Å². The first-order chi connectivity index (χ1) is 10.5. The van der Waals surface area contributed by atoms with Crippen molar-refractivity contribution in [3.63, 3.8) is 0 Å². The molecular formula is C17H25N5. The number of hydrogen-bond acceptors (Lipinski definition) is 5. The van der Waals surface area contributed by atoms with Crippen LogP contribution in [0.25, 0.3) is 10.9 Å². The average Bonchev–Trinajstić information content (AvgIpc) is 2.52. The SMILES string of the molecule is CC(C)(N)CNc1nc(N2CCCCC2)c2ccccc2n1. The highest BCUT2D eigenvalue weighted by atomic mass is 15.2. The molecule has 0 atom stereocenters. The molecule has 5 nitrogen and oxygen atoms in total. The van der Waals surface area contributed by atoms with Gasteiger partial charge in [-0.1, -0.05) is 12.1 Å². The lowest BCUT2D eigenvalue weighted by atomic mass is 10.1. The van der Waals surface area contributed by atoms with Gasteiger partial charge in [0.1, 0.15) is 5.82 Å². The number of rotatable bonds is 4. The van der Waals surface area contributed by atoms with Crippen molar-refractivity contribution in [3.05, 3.63) is 24.3 Å². The van der Waals surface area contributed by atoms with Gasteiger partial charge in [0.15, 0.2) is 0 Å². The van der Waals surface area contributed by atoms with Crippen LogP contribution in [0, 0.1) is 0 Å². The molecule has 3 N–H and O–H groups in total. The van der Waals surface area contributed by atoms with Crippen LogP contribution in [-0.4, -0.2) is 35.1 Å². The predicted octanol–water partition coefficient (Wildman–Crippen LogP) is 2.77. The third-order valence-electron chi connectivity index (χ3n) is 3.94. The van der Waals surface area contributed by atoms with Gasteiger partial charge in [-0.15, -0.1) is 0 Å². The van der Waals surface area contributed by atoms with Crippen molar-refractivity contribution in [1.82, 2.24) is 9.97 Å². The maximum atomic E-state index is 6.05. The summed E-state index contributed by atoms with van der Waals surface area (Å²) in [6.07, 6.45) is 3.78. The molecule has 1 aliphatic heterocycles. The number of nitrogens with one attached hydrogen (secondary N) is 1. The molecule has 0 spiro atoms. The van der Waals surface area contributed by atoms with Crippen LogP contribution in [-0.2, 0) is 0 Å². The van der Waals surface area contributed by atoms with E-state index in [4.69, 9.17) is 10.7 Å². The zero-order chi connectivity index (χ0) is 15.6. The van der Waals surface area contributed by atoms with Crippen molar-refractivity contribution in [1.29, 1.82) is 0 Å². The Hall–Kier alpha value is -1.88. The monoisotopic (exact) mass is 299 g/mol. The first-order valence-corrected chi connectivity index (χ1v) is 8.07. The quantitative estimate of drug-likeness (QED) is 0.908. The van der Waals surface area contributed by atoms with Crippen LogP contribution in [0.2, 0.25) is 0 Å². The average molecular weight is 299 g/mol. The lowest BCUT2D eigenvalue weighted by Crippen LogP contribution is -2.40. The third-order valence-corrected chi connectivity index (χ3v) is 3.94. The summed E-state index contributed by atoms with van der Waals surface area (Å²) >= 11 is 0. The maximum absolute atomic E-state index is 6.05. The van der Waals surface area contributed by atoms with Crippen LogP contribution in [0.1, 0.15) is 33.1 Å². The number of para-hydroxylation sites is 1. The minimum atomic E-state index is -0.291. The normalized spacial score (nSPS) is 16.0. The van der Waals surface area contributed by atoms with Crippen LogP contribution >= 0.6 is 0 Å². The number of hydrogen-bond donors (Lipinski definition) is 2. The Morgan fingerprint density at radius 3 is 2.59 bits per heavy atom. The molecule has 3 rings (SSSR count). The minimum absolute atomic E-state index is 0.291. The molecule has 5 heteroatoms. The maximum Gasteiger partial charge on any atom is 0.225 e. The summed E-state index contributed by atoms with van der Waals surface area (Å²) in [7, 11) is 0. The van der Waals surface area contributed by atoms with E-state index in [0.29, 0.717) is 12.5 Å². The molecule has 2 aromatic rings. The second-order valence-corrected chi connectivity index (χ2v) is 6.78. The fourth-order valence-corrected chi connectivity index (χ4v) is 2.79. The molecular weight excluding hydrogens is 274 g/mol. The molecule has 0 bridgehead atoms. The van der Waals surface area contributed by atoms with Crippen molar-refractivity contribution in [2.45, 2.75) is 38.6 Å². The first kappa shape index (κ1) is 15.0. The highest BCUT2D eigenvalue weighted by Gasteiger charge is 2.18. The summed E-state index contributed by atoms with van der Waals surface area (Å²) in [6.45, 7) is 6.77. The predicted molar refractivity (Wildman–Crippen MR) is 92.4 cm³/mol. The molecule has 1 saturated heterocycles. The molecule has 1 aliphatic rings. The summed E-state index contributed by atoms with van der Waals surface area (Å²) in [4.78, 5) is 11.8. The molecule has 1 fully saturated rings. The Balaban J connectivity index is 1.96. The van der Waals surface area contributed by atoms with Gasteiger partial charge in [0, 0.05) is 30.6 Å². The van der Waals surface area contributed by atoms with E-state index >= 15 is 0 Å². The molecule has 2 heterocycles. The standard InChI is InChI=1S/C17H25N5/c1-17(2,18)12-19-16-20-14-9-5-4-8-13(14)15(21-16)22-10-6-3-7-11-22/h4-5,8-9H,3,6-7,10-12,18H2,1-2H3,(H,19,20,21). The molecule has 118 valence electrons. The molecule has 0 amide bonds. The number of fused-ring (bicyclic) bond motifs is 1. The summed E-state index contributed by atoms with van der Waals surface area (Å²) in [5, 5.41) is 4.41. The zero-order valence-corrected chi connectivity index (χ0v) is 13.5. The fourth-order valence-electron chi connectivity index (χ4n) is 2.79. The van der Waals surface area contributed by atoms with Crippen LogP contribution < -0.4 is 16.0 Å². The van der Waals surface area contributed by atoms with Crippen molar-refractivity contribution in [3.8, 4) is 0 Å². The molecule has 0 aliphatic carbocycles.